The van der Waals surface area contributed by atoms with Crippen LogP contribution in [0.1, 0.15) is 16.1 Å². The van der Waals surface area contributed by atoms with Gasteiger partial charge in [0.2, 0.25) is 0 Å². The maximum Gasteiger partial charge on any atom is 0.387 e. The average molecular weight is 281 g/mol. The zero-order valence-corrected chi connectivity index (χ0v) is 10.9. The number of aryl methyl sites for hydroxylation is 1. The van der Waals surface area contributed by atoms with Crippen molar-refractivity contribution >= 4 is 11.6 Å². The predicted molar refractivity (Wildman–Crippen MR) is 69.0 cm³/mol. The van der Waals surface area contributed by atoms with E-state index in [4.69, 9.17) is 0 Å². The minimum Gasteiger partial charge on any atom is -0.434 e. The van der Waals surface area contributed by atoms with Crippen LogP contribution in [0.25, 0.3) is 0 Å². The third kappa shape index (κ3) is 2.93. The van der Waals surface area contributed by atoms with Crippen LogP contribution >= 0.6 is 0 Å². The molecule has 0 spiro atoms. The van der Waals surface area contributed by atoms with Gasteiger partial charge in [-0.15, -0.1) is 0 Å². The lowest BCUT2D eigenvalue weighted by atomic mass is 10.2. The molecule has 0 saturated heterocycles. The van der Waals surface area contributed by atoms with Crippen molar-refractivity contribution in [1.29, 1.82) is 0 Å². The Balaban J connectivity index is 2.23. The number of carbonyl (C=O) groups is 1. The van der Waals surface area contributed by atoms with Gasteiger partial charge in [0.05, 0.1) is 23.1 Å². The first-order valence-electron chi connectivity index (χ1n) is 5.83. The van der Waals surface area contributed by atoms with E-state index < -0.39 is 12.5 Å². The van der Waals surface area contributed by atoms with E-state index in [1.54, 1.807) is 24.7 Å². The van der Waals surface area contributed by atoms with E-state index in [9.17, 15) is 13.6 Å². The number of nitrogens with one attached hydrogen (secondary N) is 1. The Morgan fingerprint density at radius 2 is 2.10 bits per heavy atom. The highest BCUT2D eigenvalue weighted by Gasteiger charge is 2.16. The van der Waals surface area contributed by atoms with Crippen molar-refractivity contribution < 1.29 is 18.3 Å². The number of hydrogen-bond donors (Lipinski definition) is 1. The molecule has 0 aliphatic rings. The van der Waals surface area contributed by atoms with Crippen molar-refractivity contribution in [3.05, 3.63) is 41.7 Å². The van der Waals surface area contributed by atoms with Crippen LogP contribution in [0.5, 0.6) is 5.75 Å². The van der Waals surface area contributed by atoms with Crippen molar-refractivity contribution in [1.82, 2.24) is 9.78 Å². The first kappa shape index (κ1) is 14.0. The van der Waals surface area contributed by atoms with Crippen molar-refractivity contribution in [2.75, 3.05) is 5.32 Å². The number of para-hydroxylation sites is 1. The normalized spacial score (nSPS) is 10.7. The van der Waals surface area contributed by atoms with Gasteiger partial charge in [-0.3, -0.25) is 9.48 Å². The molecule has 0 fully saturated rings. The molecule has 0 bridgehead atoms. The fourth-order valence-corrected chi connectivity index (χ4v) is 1.66. The molecule has 7 heteroatoms. The maximum atomic E-state index is 12.3. The molecule has 106 valence electrons. The van der Waals surface area contributed by atoms with Gasteiger partial charge in [-0.1, -0.05) is 12.1 Å². The molecule has 0 saturated carbocycles. The van der Waals surface area contributed by atoms with Gasteiger partial charge in [0.25, 0.3) is 5.91 Å². The summed E-state index contributed by atoms with van der Waals surface area (Å²) < 4.78 is 30.5. The molecule has 1 N–H and O–H groups in total. The average Bonchev–Trinajstić information content (AvgIpc) is 2.70. The highest BCUT2D eigenvalue weighted by molar-refractivity contribution is 6.06. The van der Waals surface area contributed by atoms with Gasteiger partial charge in [0.1, 0.15) is 5.75 Å². The van der Waals surface area contributed by atoms with Crippen LogP contribution in [-0.4, -0.2) is 22.3 Å². The molecule has 20 heavy (non-hydrogen) atoms. The minimum atomic E-state index is -2.98. The molecule has 1 amide bonds. The second kappa shape index (κ2) is 5.68. The van der Waals surface area contributed by atoms with Crippen LogP contribution < -0.4 is 10.1 Å². The Hall–Kier alpha value is -2.44. The number of nitrogens with zero attached hydrogens (tertiary/aromatic N) is 2. The smallest absolute Gasteiger partial charge is 0.387 e. The lowest BCUT2D eigenvalue weighted by Crippen LogP contribution is -2.15. The van der Waals surface area contributed by atoms with E-state index in [-0.39, 0.29) is 11.3 Å². The minimum absolute atomic E-state index is 0.0380. The van der Waals surface area contributed by atoms with E-state index in [1.165, 1.54) is 24.4 Å². The lowest BCUT2D eigenvalue weighted by molar-refractivity contribution is -0.0501. The molecule has 0 unspecified atom stereocenters. The summed E-state index contributed by atoms with van der Waals surface area (Å²) in [6.45, 7) is -1.20. The van der Waals surface area contributed by atoms with Crippen LogP contribution in [0.4, 0.5) is 14.5 Å². The summed E-state index contributed by atoms with van der Waals surface area (Å²) in [6, 6.07) is 5.82. The number of anilines is 1. The molecule has 2 aromatic rings. The van der Waals surface area contributed by atoms with Crippen LogP contribution in [0.3, 0.4) is 0 Å². The fourth-order valence-electron chi connectivity index (χ4n) is 1.66. The fraction of sp³-hybridized carbons (Fsp3) is 0.231. The summed E-state index contributed by atoms with van der Waals surface area (Å²) in [7, 11) is 1.73. The number of halogens is 2. The van der Waals surface area contributed by atoms with Gasteiger partial charge in [-0.25, -0.2) is 0 Å². The second-order valence-electron chi connectivity index (χ2n) is 4.10. The largest absolute Gasteiger partial charge is 0.434 e. The molecule has 0 aliphatic heterocycles. The van der Waals surface area contributed by atoms with Gasteiger partial charge >= 0.3 is 6.61 Å². The molecule has 1 aromatic heterocycles. The van der Waals surface area contributed by atoms with E-state index in [0.717, 1.165) is 5.69 Å². The maximum absolute atomic E-state index is 12.3. The highest BCUT2D eigenvalue weighted by Crippen LogP contribution is 2.22. The third-order valence-electron chi connectivity index (χ3n) is 2.83. The standard InChI is InChI=1S/C13H13F2N3O2/c1-8-10(7-16-18(8)2)17-12(19)9-5-3-4-6-11(9)20-13(14)15/h3-7,13H,1-2H3,(H,17,19). The first-order chi connectivity index (χ1) is 9.49. The summed E-state index contributed by atoms with van der Waals surface area (Å²) in [6.07, 6.45) is 1.49. The first-order valence-corrected chi connectivity index (χ1v) is 5.83. The monoisotopic (exact) mass is 281 g/mol. The molecule has 1 heterocycles. The topological polar surface area (TPSA) is 56.1 Å². The predicted octanol–water partition coefficient (Wildman–Crippen LogP) is 2.58. The van der Waals surface area contributed by atoms with E-state index in [1.807, 2.05) is 0 Å². The Morgan fingerprint density at radius 1 is 1.40 bits per heavy atom. The Morgan fingerprint density at radius 3 is 2.70 bits per heavy atom. The summed E-state index contributed by atoms with van der Waals surface area (Å²) in [5.41, 5.74) is 1.31. The van der Waals surface area contributed by atoms with Crippen molar-refractivity contribution in [3.63, 3.8) is 0 Å². The zero-order chi connectivity index (χ0) is 14.7. The lowest BCUT2D eigenvalue weighted by Gasteiger charge is -2.10. The molecule has 1 aromatic carbocycles. The van der Waals surface area contributed by atoms with Gasteiger partial charge in [0.15, 0.2) is 0 Å². The second-order valence-corrected chi connectivity index (χ2v) is 4.10. The zero-order valence-electron chi connectivity index (χ0n) is 10.9. The molecule has 0 aliphatic carbocycles. The number of hydrogen-bond acceptors (Lipinski definition) is 3. The SMILES string of the molecule is Cc1c(NC(=O)c2ccccc2OC(F)F)cnn1C. The van der Waals surface area contributed by atoms with Crippen LogP contribution in [0, 0.1) is 6.92 Å². The number of benzene rings is 1. The molecule has 5 nitrogen and oxygen atoms in total. The Kier molecular flexibility index (Phi) is 3.97. The van der Waals surface area contributed by atoms with Crippen molar-refractivity contribution in [2.45, 2.75) is 13.5 Å². The number of rotatable bonds is 4. The van der Waals surface area contributed by atoms with Crippen molar-refractivity contribution in [3.8, 4) is 5.75 Å². The van der Waals surface area contributed by atoms with Crippen molar-refractivity contribution in [2.24, 2.45) is 7.05 Å². The van der Waals surface area contributed by atoms with E-state index >= 15 is 0 Å². The molecule has 0 atom stereocenters. The number of aromatic nitrogens is 2. The Bertz CT molecular complexity index is 626. The summed E-state index contributed by atoms with van der Waals surface area (Å²) in [4.78, 5) is 12.1. The van der Waals surface area contributed by atoms with Gasteiger partial charge < -0.3 is 10.1 Å². The Labute approximate surface area is 114 Å². The molecule has 2 rings (SSSR count). The molecular formula is C13H13F2N3O2. The quantitative estimate of drug-likeness (QED) is 0.937. The van der Waals surface area contributed by atoms with Gasteiger partial charge in [-0.05, 0) is 19.1 Å². The number of ether oxygens (including phenoxy) is 1. The number of carbonyl (C=O) groups excluding carboxylic acids is 1. The van der Waals surface area contributed by atoms with Crippen LogP contribution in [0.15, 0.2) is 30.5 Å². The summed E-state index contributed by atoms with van der Waals surface area (Å²) in [5.74, 6) is -0.695. The highest BCUT2D eigenvalue weighted by atomic mass is 19.3. The van der Waals surface area contributed by atoms with Gasteiger partial charge in [0, 0.05) is 7.05 Å². The number of amides is 1. The molecule has 0 radical (unpaired) electrons. The van der Waals surface area contributed by atoms with Gasteiger partial charge in [-0.2, -0.15) is 13.9 Å². The molecular weight excluding hydrogens is 268 g/mol. The third-order valence-corrected chi connectivity index (χ3v) is 2.83. The van der Waals surface area contributed by atoms with Crippen LogP contribution in [0.2, 0.25) is 0 Å². The number of alkyl halides is 2. The summed E-state index contributed by atoms with van der Waals surface area (Å²) >= 11 is 0. The van der Waals surface area contributed by atoms with Crippen LogP contribution in [-0.2, 0) is 7.05 Å². The van der Waals surface area contributed by atoms with E-state index in [2.05, 4.69) is 15.2 Å². The summed E-state index contributed by atoms with van der Waals surface area (Å²) in [5, 5.41) is 6.60. The van der Waals surface area contributed by atoms with E-state index in [0.29, 0.717) is 5.69 Å².